The van der Waals surface area contributed by atoms with Gasteiger partial charge in [-0.05, 0) is 6.92 Å². The fraction of sp³-hybridized carbons (Fsp3) is 0.714. The van der Waals surface area contributed by atoms with E-state index in [0.29, 0.717) is 38.4 Å². The van der Waals surface area contributed by atoms with Crippen LogP contribution in [0, 0.1) is 6.92 Å². The number of hydrogen-bond donors (Lipinski definition) is 2. The summed E-state index contributed by atoms with van der Waals surface area (Å²) in [6.45, 7) is 5.65. The van der Waals surface area contributed by atoms with E-state index in [9.17, 15) is 5.11 Å². The van der Waals surface area contributed by atoms with Crippen molar-refractivity contribution in [2.24, 2.45) is 0 Å². The van der Waals surface area contributed by atoms with Gasteiger partial charge in [-0.1, -0.05) is 6.92 Å². The number of hydrogen-bond acceptors (Lipinski definition) is 6. The summed E-state index contributed by atoms with van der Waals surface area (Å²) in [4.78, 5) is 10.8. The molecule has 1 fully saturated rings. The number of aromatic nitrogens is 2. The fourth-order valence-electron chi connectivity index (χ4n) is 2.52. The summed E-state index contributed by atoms with van der Waals surface area (Å²) in [6.07, 6.45) is 2.04. The first-order valence-corrected chi connectivity index (χ1v) is 7.09. The minimum absolute atomic E-state index is 0.512. The van der Waals surface area contributed by atoms with Crippen molar-refractivity contribution in [3.63, 3.8) is 0 Å². The first-order valence-electron chi connectivity index (χ1n) is 7.09. The highest BCUT2D eigenvalue weighted by atomic mass is 16.5. The van der Waals surface area contributed by atoms with Crippen molar-refractivity contribution in [2.45, 2.75) is 38.7 Å². The quantitative estimate of drug-likeness (QED) is 0.852. The van der Waals surface area contributed by atoms with Crippen LogP contribution in [0.3, 0.4) is 0 Å². The van der Waals surface area contributed by atoms with Crippen LogP contribution in [0.2, 0.25) is 0 Å². The third-order valence-corrected chi connectivity index (χ3v) is 3.84. The molecule has 0 spiro atoms. The molecule has 0 aromatic carbocycles. The molecule has 6 heteroatoms. The number of nitrogens with two attached hydrogens (primary N) is 1. The predicted molar refractivity (Wildman–Crippen MR) is 78.8 cm³/mol. The minimum Gasteiger partial charge on any atom is -0.388 e. The zero-order valence-corrected chi connectivity index (χ0v) is 12.5. The van der Waals surface area contributed by atoms with Gasteiger partial charge in [-0.15, -0.1) is 0 Å². The van der Waals surface area contributed by atoms with Gasteiger partial charge in [0.15, 0.2) is 0 Å². The van der Waals surface area contributed by atoms with Gasteiger partial charge in [-0.3, -0.25) is 0 Å². The second-order valence-electron chi connectivity index (χ2n) is 5.52. The molecule has 0 amide bonds. The number of ether oxygens (including phenoxy) is 1. The predicted octanol–water partition coefficient (Wildman–Crippen LogP) is 0.907. The molecule has 0 radical (unpaired) electrons. The van der Waals surface area contributed by atoms with Crippen LogP contribution in [-0.4, -0.2) is 47.5 Å². The van der Waals surface area contributed by atoms with E-state index in [1.807, 2.05) is 25.8 Å². The van der Waals surface area contributed by atoms with E-state index in [1.54, 1.807) is 0 Å². The van der Waals surface area contributed by atoms with Crippen LogP contribution < -0.4 is 10.6 Å². The van der Waals surface area contributed by atoms with Gasteiger partial charge in [-0.25, -0.2) is 9.97 Å². The van der Waals surface area contributed by atoms with Crippen LogP contribution in [0.4, 0.5) is 11.6 Å². The van der Waals surface area contributed by atoms with Gasteiger partial charge in [-0.2, -0.15) is 0 Å². The Morgan fingerprint density at radius 1 is 1.35 bits per heavy atom. The molecule has 0 saturated carbocycles. The zero-order valence-electron chi connectivity index (χ0n) is 12.5. The van der Waals surface area contributed by atoms with Crippen LogP contribution in [-0.2, 0) is 11.2 Å². The Bertz CT molecular complexity index is 472. The van der Waals surface area contributed by atoms with Gasteiger partial charge in [0.05, 0.1) is 5.60 Å². The van der Waals surface area contributed by atoms with E-state index < -0.39 is 5.60 Å². The molecule has 0 unspecified atom stereocenters. The Kier molecular flexibility index (Phi) is 4.45. The number of likely N-dealkylation sites (N-methyl/N-ethyl adjacent to an activating group) is 1. The van der Waals surface area contributed by atoms with E-state index in [4.69, 9.17) is 10.5 Å². The summed E-state index contributed by atoms with van der Waals surface area (Å²) in [5.74, 6) is 2.04. The van der Waals surface area contributed by atoms with E-state index in [0.717, 1.165) is 23.6 Å². The summed E-state index contributed by atoms with van der Waals surface area (Å²) < 4.78 is 5.31. The molecule has 3 N–H and O–H groups in total. The number of nitrogen functional groups attached to an aromatic ring is 1. The summed E-state index contributed by atoms with van der Waals surface area (Å²) in [6, 6.07) is 0. The molecule has 1 aliphatic rings. The van der Waals surface area contributed by atoms with E-state index >= 15 is 0 Å². The molecule has 1 saturated heterocycles. The average Bonchev–Trinajstić information content (AvgIpc) is 2.41. The Balaban J connectivity index is 2.20. The Morgan fingerprint density at radius 2 is 2.00 bits per heavy atom. The normalized spacial score (nSPS) is 18.0. The third kappa shape index (κ3) is 3.19. The lowest BCUT2D eigenvalue weighted by Gasteiger charge is -2.36. The van der Waals surface area contributed by atoms with Crippen LogP contribution in [0.15, 0.2) is 0 Å². The molecule has 112 valence electrons. The van der Waals surface area contributed by atoms with Gasteiger partial charge in [0, 0.05) is 51.6 Å². The standard InChI is InChI=1S/C14H24N4O2/c1-4-11-16-12(15)10(2)13(17-11)18(3)9-14(19)5-7-20-8-6-14/h19H,4-9H2,1-3H3,(H2,15,16,17). The molecule has 2 heterocycles. The largest absolute Gasteiger partial charge is 0.388 e. The van der Waals surface area contributed by atoms with Gasteiger partial charge in [0.1, 0.15) is 17.5 Å². The molecule has 1 aromatic heterocycles. The van der Waals surface area contributed by atoms with E-state index in [-0.39, 0.29) is 0 Å². The number of rotatable bonds is 4. The van der Waals surface area contributed by atoms with Crippen molar-refractivity contribution < 1.29 is 9.84 Å². The summed E-state index contributed by atoms with van der Waals surface area (Å²) >= 11 is 0. The van der Waals surface area contributed by atoms with Crippen LogP contribution >= 0.6 is 0 Å². The second kappa shape index (κ2) is 5.93. The van der Waals surface area contributed by atoms with E-state index in [2.05, 4.69) is 9.97 Å². The average molecular weight is 280 g/mol. The van der Waals surface area contributed by atoms with Gasteiger partial charge < -0.3 is 20.5 Å². The molecule has 0 bridgehead atoms. The molecule has 20 heavy (non-hydrogen) atoms. The smallest absolute Gasteiger partial charge is 0.137 e. The Hall–Kier alpha value is -1.40. The lowest BCUT2D eigenvalue weighted by Crippen LogP contribution is -2.46. The van der Waals surface area contributed by atoms with Gasteiger partial charge >= 0.3 is 0 Å². The first-order chi connectivity index (χ1) is 9.45. The molecule has 1 aliphatic heterocycles. The highest BCUT2D eigenvalue weighted by Gasteiger charge is 2.32. The van der Waals surface area contributed by atoms with Crippen molar-refractivity contribution >= 4 is 11.6 Å². The molecule has 0 aliphatic carbocycles. The van der Waals surface area contributed by atoms with Crippen molar-refractivity contribution in [1.82, 2.24) is 9.97 Å². The maximum Gasteiger partial charge on any atom is 0.137 e. The summed E-state index contributed by atoms with van der Waals surface area (Å²) in [5, 5.41) is 10.6. The lowest BCUT2D eigenvalue weighted by molar-refractivity contribution is -0.0573. The van der Waals surface area contributed by atoms with Crippen LogP contribution in [0.25, 0.3) is 0 Å². The van der Waals surface area contributed by atoms with Crippen molar-refractivity contribution in [2.75, 3.05) is 37.4 Å². The molecule has 1 aromatic rings. The maximum atomic E-state index is 10.6. The van der Waals surface area contributed by atoms with Crippen molar-refractivity contribution in [3.8, 4) is 0 Å². The molecular weight excluding hydrogens is 256 g/mol. The topological polar surface area (TPSA) is 84.5 Å². The van der Waals surface area contributed by atoms with Crippen molar-refractivity contribution in [1.29, 1.82) is 0 Å². The zero-order chi connectivity index (χ0) is 14.8. The fourth-order valence-corrected chi connectivity index (χ4v) is 2.52. The monoisotopic (exact) mass is 280 g/mol. The summed E-state index contributed by atoms with van der Waals surface area (Å²) in [5.41, 5.74) is 6.09. The SMILES string of the molecule is CCc1nc(N)c(C)c(N(C)CC2(O)CCOCC2)n1. The molecular formula is C14H24N4O2. The third-order valence-electron chi connectivity index (χ3n) is 3.84. The lowest BCUT2D eigenvalue weighted by atomic mass is 9.94. The highest BCUT2D eigenvalue weighted by Crippen LogP contribution is 2.26. The maximum absolute atomic E-state index is 10.6. The van der Waals surface area contributed by atoms with Crippen LogP contribution in [0.1, 0.15) is 31.2 Å². The van der Waals surface area contributed by atoms with E-state index in [1.165, 1.54) is 0 Å². The van der Waals surface area contributed by atoms with Gasteiger partial charge in [0.25, 0.3) is 0 Å². The number of aryl methyl sites for hydroxylation is 1. The minimum atomic E-state index is -0.717. The number of anilines is 2. The van der Waals surface area contributed by atoms with Crippen LogP contribution in [0.5, 0.6) is 0 Å². The molecule has 2 rings (SSSR count). The van der Waals surface area contributed by atoms with Crippen molar-refractivity contribution in [3.05, 3.63) is 11.4 Å². The highest BCUT2D eigenvalue weighted by molar-refractivity contribution is 5.56. The number of nitrogens with zero attached hydrogens (tertiary/aromatic N) is 3. The first kappa shape index (κ1) is 15.0. The summed E-state index contributed by atoms with van der Waals surface area (Å²) in [7, 11) is 1.93. The van der Waals surface area contributed by atoms with Gasteiger partial charge in [0.2, 0.25) is 0 Å². The molecule has 0 atom stereocenters. The second-order valence-corrected chi connectivity index (χ2v) is 5.52. The number of aliphatic hydroxyl groups is 1. The molecule has 6 nitrogen and oxygen atoms in total. The Labute approximate surface area is 120 Å². The Morgan fingerprint density at radius 3 is 2.60 bits per heavy atom.